The van der Waals surface area contributed by atoms with E-state index < -0.39 is 27.4 Å². The van der Waals surface area contributed by atoms with E-state index in [-0.39, 0.29) is 38.8 Å². The van der Waals surface area contributed by atoms with Crippen LogP contribution in [0.4, 0.5) is 0 Å². The van der Waals surface area contributed by atoms with Crippen LogP contribution >= 0.6 is 0 Å². The van der Waals surface area contributed by atoms with Gasteiger partial charge in [0.15, 0.2) is 0 Å². The number of pyridine rings is 1. The fourth-order valence-electron chi connectivity index (χ4n) is 13.2. The van der Waals surface area contributed by atoms with Gasteiger partial charge in [-0.1, -0.05) is 172 Å². The highest BCUT2D eigenvalue weighted by molar-refractivity contribution is 6.11. The number of aromatic nitrogens is 5. The molecule has 0 bridgehead atoms. The van der Waals surface area contributed by atoms with Crippen LogP contribution in [-0.4, -0.2) is 18.7 Å². The number of fused-ring (bicyclic) bond motifs is 13. The van der Waals surface area contributed by atoms with Gasteiger partial charge in [0.1, 0.15) is 17.3 Å². The fourth-order valence-corrected chi connectivity index (χ4v) is 13.2. The first-order valence-corrected chi connectivity index (χ1v) is 28.8. The van der Waals surface area contributed by atoms with Crippen molar-refractivity contribution in [2.24, 2.45) is 0 Å². The van der Waals surface area contributed by atoms with Crippen LogP contribution in [-0.2, 0) is 5.41 Å². The molecule has 0 saturated carbocycles. The molecule has 0 N–H and O–H groups in total. The zero-order valence-electron chi connectivity index (χ0n) is 59.2. The number of nitrogens with zero attached hydrogens (tertiary/aromatic N) is 5. The first-order valence-electron chi connectivity index (χ1n) is 34.8. The third-order valence-corrected chi connectivity index (χ3v) is 17.1. The van der Waals surface area contributed by atoms with Crippen molar-refractivity contribution in [2.45, 2.75) is 53.6 Å². The predicted octanol–water partition coefficient (Wildman–Crippen LogP) is 20.3. The molecule has 6 heteroatoms. The topological polar surface area (TPSA) is 40.8 Å². The van der Waals surface area contributed by atoms with Crippen molar-refractivity contribution in [3.8, 4) is 90.0 Å². The lowest BCUT2D eigenvalue weighted by atomic mass is 9.86. The molecular formula is C80H61N5O. The Morgan fingerprint density at radius 1 is 0.430 bits per heavy atom. The van der Waals surface area contributed by atoms with Crippen LogP contribution in [0.1, 0.15) is 65.0 Å². The molecule has 0 spiro atoms. The summed E-state index contributed by atoms with van der Waals surface area (Å²) in [4.78, 5) is 4.92. The van der Waals surface area contributed by atoms with E-state index in [1.807, 2.05) is 173 Å². The SMILES string of the molecule is [2H]C([2H])([2H])c1cccc(C([2H])([2H])[2H])c1-c1cc2c(c(-n3c4ccccc4c4ccccc43)c1)-[n+]1[c-]n(-c3cccc(Oc4ccc5c6ccccc6n(-c6cc(C(C)(C)C)ccn6)c5c4)c3)c3cc(-c4c(C([2H])([2H])[2H])cccc4C([2H])([2H])[2H])cc(c31)-c1ccccc1-c1ccccc1-2. The molecule has 15 aromatic rings. The summed E-state index contributed by atoms with van der Waals surface area (Å²) in [6.45, 7) is -4.50. The summed E-state index contributed by atoms with van der Waals surface area (Å²) < 4.78 is 123. The normalized spacial score (nSPS) is 14.8. The Morgan fingerprint density at radius 3 is 1.55 bits per heavy atom. The van der Waals surface area contributed by atoms with Crippen molar-refractivity contribution >= 4 is 54.6 Å². The molecule has 5 heterocycles. The van der Waals surface area contributed by atoms with Crippen LogP contribution in [0.2, 0.25) is 0 Å². The summed E-state index contributed by atoms with van der Waals surface area (Å²) in [6.07, 6.45) is 5.73. The van der Waals surface area contributed by atoms with E-state index in [1.165, 1.54) is 36.4 Å². The maximum Gasteiger partial charge on any atom is 0.269 e. The summed E-state index contributed by atoms with van der Waals surface area (Å²) >= 11 is 0. The molecule has 0 saturated heterocycles. The lowest BCUT2D eigenvalue weighted by molar-refractivity contribution is -0.571. The van der Waals surface area contributed by atoms with E-state index >= 15 is 0 Å². The van der Waals surface area contributed by atoms with Gasteiger partial charge >= 0.3 is 0 Å². The van der Waals surface area contributed by atoms with E-state index in [2.05, 4.69) is 78.7 Å². The van der Waals surface area contributed by atoms with Crippen molar-refractivity contribution in [3.63, 3.8) is 0 Å². The van der Waals surface area contributed by atoms with Gasteiger partial charge in [0.05, 0.1) is 50.2 Å². The number of para-hydroxylation sites is 3. The molecule has 0 radical (unpaired) electrons. The third-order valence-electron chi connectivity index (χ3n) is 17.1. The van der Waals surface area contributed by atoms with Gasteiger partial charge in [-0.15, -0.1) is 0 Å². The van der Waals surface area contributed by atoms with Gasteiger partial charge in [0.2, 0.25) is 0 Å². The van der Waals surface area contributed by atoms with Crippen molar-refractivity contribution in [1.29, 1.82) is 0 Å². The van der Waals surface area contributed by atoms with Gasteiger partial charge in [-0.2, -0.15) is 0 Å². The summed E-state index contributed by atoms with van der Waals surface area (Å²) in [7, 11) is 0. The average molecular weight is 1120 g/mol. The molecule has 0 unspecified atom stereocenters. The van der Waals surface area contributed by atoms with Crippen molar-refractivity contribution in [2.75, 3.05) is 0 Å². The molecular weight excluding hydrogens is 1050 g/mol. The number of imidazole rings is 1. The summed E-state index contributed by atoms with van der Waals surface area (Å²) in [5.41, 5.74) is 11.5. The molecule has 0 atom stereocenters. The van der Waals surface area contributed by atoms with Gasteiger partial charge in [-0.05, 0) is 195 Å². The van der Waals surface area contributed by atoms with Crippen LogP contribution in [0.3, 0.4) is 0 Å². The molecule has 11 aromatic carbocycles. The minimum atomic E-state index is -2.76. The highest BCUT2D eigenvalue weighted by atomic mass is 16.5. The van der Waals surface area contributed by atoms with Crippen LogP contribution in [0.15, 0.2) is 243 Å². The first kappa shape index (κ1) is 39.8. The fraction of sp³-hybridized carbons (Fsp3) is 0.100. The Morgan fingerprint density at radius 2 is 0.942 bits per heavy atom. The number of hydrogen-bond acceptors (Lipinski definition) is 2. The largest absolute Gasteiger partial charge is 0.458 e. The number of ether oxygens (including phenoxy) is 1. The van der Waals surface area contributed by atoms with Crippen LogP contribution in [0.5, 0.6) is 11.5 Å². The number of aryl methyl sites for hydroxylation is 4. The third kappa shape index (κ3) is 8.00. The number of rotatable bonds is 7. The van der Waals surface area contributed by atoms with Gasteiger partial charge < -0.3 is 9.30 Å². The Bertz CT molecular complexity index is 5680. The van der Waals surface area contributed by atoms with E-state index in [9.17, 15) is 0 Å². The molecule has 1 aliphatic heterocycles. The maximum atomic E-state index is 9.02. The molecule has 0 fully saturated rings. The lowest BCUT2D eigenvalue weighted by Gasteiger charge is -2.23. The smallest absolute Gasteiger partial charge is 0.269 e. The van der Waals surface area contributed by atoms with Gasteiger partial charge in [0, 0.05) is 50.3 Å². The average Bonchev–Trinajstić information content (AvgIpc) is 1.40. The standard InChI is InChI=1S/C80H61N5O/c1-49-21-18-22-50(2)76(49)53-41-67-61-29-10-8-27-59(61)60-28-9-11-30-62(60)68-42-54(77-51(3)23-19-24-52(77)4)44-74(84-69-34-15-12-31-63(69)64-32-13-16-35-70(64)84)79(68)83-48-82(73(43-53)78(67)83)56-25-20-26-57(46-56)86-58-37-38-66-65-33-14-17-36-71(65)85(72(66)47-58)75-45-55(39-40-81-75)80(5,6)7/h8-47H,1-7H3/i1D3,2D3,3D3,4D3. The maximum absolute atomic E-state index is 9.02. The van der Waals surface area contributed by atoms with E-state index in [0.717, 1.165) is 66.1 Å². The first-order chi connectivity index (χ1) is 46.8. The van der Waals surface area contributed by atoms with Gasteiger partial charge in [0.25, 0.3) is 6.33 Å². The monoisotopic (exact) mass is 1120 g/mol. The number of benzene rings is 11. The molecule has 0 aliphatic carbocycles. The quantitative estimate of drug-likeness (QED) is 0.118. The Balaban J connectivity index is 1.04. The van der Waals surface area contributed by atoms with Crippen molar-refractivity contribution in [3.05, 3.63) is 277 Å². The molecule has 0 amide bonds. The highest BCUT2D eigenvalue weighted by Gasteiger charge is 2.30. The van der Waals surface area contributed by atoms with Gasteiger partial charge in [-0.3, -0.25) is 13.7 Å². The highest BCUT2D eigenvalue weighted by Crippen LogP contribution is 2.49. The summed E-state index contributed by atoms with van der Waals surface area (Å²) in [5.74, 6) is 1.77. The Labute approximate surface area is 517 Å². The Hall–Kier alpha value is -10.6. The second-order valence-corrected chi connectivity index (χ2v) is 23.3. The van der Waals surface area contributed by atoms with E-state index in [0.29, 0.717) is 73.0 Å². The zero-order chi connectivity index (χ0) is 68.1. The second kappa shape index (κ2) is 19.5. The van der Waals surface area contributed by atoms with Crippen LogP contribution < -0.4 is 9.30 Å². The van der Waals surface area contributed by atoms with Crippen LogP contribution in [0, 0.1) is 33.7 Å². The number of hydrogen-bond donors (Lipinski definition) is 0. The second-order valence-electron chi connectivity index (χ2n) is 23.3. The molecule has 1 aliphatic rings. The minimum absolute atomic E-state index is 0.0434. The van der Waals surface area contributed by atoms with Crippen LogP contribution in [0.25, 0.3) is 133 Å². The van der Waals surface area contributed by atoms with Gasteiger partial charge in [-0.25, -0.2) is 4.98 Å². The minimum Gasteiger partial charge on any atom is -0.458 e. The summed E-state index contributed by atoms with van der Waals surface area (Å²) in [5, 5.41) is 3.92. The van der Waals surface area contributed by atoms with Crippen molar-refractivity contribution in [1.82, 2.24) is 18.7 Å². The Kier molecular flexibility index (Phi) is 9.04. The van der Waals surface area contributed by atoms with E-state index in [4.69, 9.17) is 26.2 Å². The predicted molar refractivity (Wildman–Crippen MR) is 355 cm³/mol. The molecule has 6 nitrogen and oxygen atoms in total. The lowest BCUT2D eigenvalue weighted by Crippen LogP contribution is -2.33. The molecule has 4 aromatic heterocycles. The van der Waals surface area contributed by atoms with Crippen molar-refractivity contribution < 1.29 is 25.8 Å². The molecule has 412 valence electrons. The molecule has 16 rings (SSSR count). The molecule has 86 heavy (non-hydrogen) atoms. The summed E-state index contributed by atoms with van der Waals surface area (Å²) in [6, 6.07) is 74.3. The zero-order valence-corrected chi connectivity index (χ0v) is 47.2. The van der Waals surface area contributed by atoms with E-state index in [1.54, 1.807) is 0 Å².